The van der Waals surface area contributed by atoms with Gasteiger partial charge in [-0.3, -0.25) is 0 Å². The summed E-state index contributed by atoms with van der Waals surface area (Å²) >= 11 is 0. The molecule has 29 heavy (non-hydrogen) atoms. The molecule has 0 atom stereocenters. The van der Waals surface area contributed by atoms with Crippen LogP contribution in [-0.2, 0) is 5.41 Å². The van der Waals surface area contributed by atoms with Gasteiger partial charge in [-0.1, -0.05) is 98.8 Å². The molecule has 0 aromatic heterocycles. The average Bonchev–Trinajstić information content (AvgIpc) is 2.99. The van der Waals surface area contributed by atoms with Crippen molar-refractivity contribution in [2.75, 3.05) is 0 Å². The summed E-state index contributed by atoms with van der Waals surface area (Å²) in [6.45, 7) is 4.73. The van der Waals surface area contributed by atoms with Gasteiger partial charge >= 0.3 is 0 Å². The summed E-state index contributed by atoms with van der Waals surface area (Å²) in [5.74, 6) is 0. The van der Waals surface area contributed by atoms with E-state index < -0.39 is 0 Å². The molecule has 0 heteroatoms. The second-order valence-electron chi connectivity index (χ2n) is 8.62. The van der Waals surface area contributed by atoms with Crippen molar-refractivity contribution < 1.29 is 0 Å². The Labute approximate surface area is 171 Å². The SMILES string of the molecule is CC1(C)c2ccccc2-c2cccc(-c3cccc4cc5ccccc5cc34)c21. The van der Waals surface area contributed by atoms with Crippen molar-refractivity contribution in [2.24, 2.45) is 0 Å². The minimum atomic E-state index is -0.0124. The zero-order chi connectivity index (χ0) is 19.6. The van der Waals surface area contributed by atoms with Crippen LogP contribution < -0.4 is 0 Å². The van der Waals surface area contributed by atoms with Crippen molar-refractivity contribution in [3.05, 3.63) is 108 Å². The Morgan fingerprint density at radius 1 is 0.483 bits per heavy atom. The van der Waals surface area contributed by atoms with Crippen LogP contribution in [0.15, 0.2) is 97.1 Å². The quantitative estimate of drug-likeness (QED) is 0.262. The lowest BCUT2D eigenvalue weighted by atomic mass is 9.78. The number of fused-ring (bicyclic) bond motifs is 5. The van der Waals surface area contributed by atoms with Crippen LogP contribution in [0.25, 0.3) is 43.8 Å². The van der Waals surface area contributed by atoms with E-state index in [2.05, 4.69) is 111 Å². The molecule has 0 saturated heterocycles. The van der Waals surface area contributed by atoms with Crippen LogP contribution >= 0.6 is 0 Å². The molecule has 0 N–H and O–H groups in total. The van der Waals surface area contributed by atoms with E-state index >= 15 is 0 Å². The summed E-state index contributed by atoms with van der Waals surface area (Å²) in [5.41, 5.74) is 8.29. The first kappa shape index (κ1) is 16.6. The standard InChI is InChI=1S/C29H22/c1-29(2)27-16-6-5-12-23(27)25-15-8-14-24(28(25)29)22-13-7-11-21-17-19-9-3-4-10-20(19)18-26(21)22/h3-18H,1-2H3. The molecule has 0 heterocycles. The predicted molar refractivity (Wildman–Crippen MR) is 124 cm³/mol. The normalized spacial score (nSPS) is 14.1. The molecule has 0 aliphatic heterocycles. The van der Waals surface area contributed by atoms with Crippen LogP contribution in [0.5, 0.6) is 0 Å². The van der Waals surface area contributed by atoms with Crippen LogP contribution in [0, 0.1) is 0 Å². The van der Waals surface area contributed by atoms with Crippen molar-refractivity contribution in [1.82, 2.24) is 0 Å². The van der Waals surface area contributed by atoms with Crippen LogP contribution in [-0.4, -0.2) is 0 Å². The average molecular weight is 370 g/mol. The topological polar surface area (TPSA) is 0 Å². The van der Waals surface area contributed by atoms with Crippen LogP contribution in [0.1, 0.15) is 25.0 Å². The molecule has 138 valence electrons. The molecule has 0 radical (unpaired) electrons. The molecule has 6 rings (SSSR count). The second kappa shape index (κ2) is 5.81. The van der Waals surface area contributed by atoms with E-state index in [1.807, 2.05) is 0 Å². The monoisotopic (exact) mass is 370 g/mol. The fraction of sp³-hybridized carbons (Fsp3) is 0.103. The lowest BCUT2D eigenvalue weighted by Gasteiger charge is -2.25. The first-order valence-corrected chi connectivity index (χ1v) is 10.3. The fourth-order valence-corrected chi connectivity index (χ4v) is 5.27. The Balaban J connectivity index is 1.70. The zero-order valence-corrected chi connectivity index (χ0v) is 16.7. The van der Waals surface area contributed by atoms with Crippen molar-refractivity contribution in [3.63, 3.8) is 0 Å². The minimum Gasteiger partial charge on any atom is -0.0619 e. The summed E-state index contributed by atoms with van der Waals surface area (Å²) < 4.78 is 0. The first-order chi connectivity index (χ1) is 14.1. The summed E-state index contributed by atoms with van der Waals surface area (Å²) in [6, 6.07) is 35.7. The highest BCUT2D eigenvalue weighted by molar-refractivity contribution is 6.06. The van der Waals surface area contributed by atoms with Crippen molar-refractivity contribution in [2.45, 2.75) is 19.3 Å². The van der Waals surface area contributed by atoms with Crippen molar-refractivity contribution >= 4 is 21.5 Å². The molecular weight excluding hydrogens is 348 g/mol. The highest BCUT2D eigenvalue weighted by Gasteiger charge is 2.37. The number of hydrogen-bond donors (Lipinski definition) is 0. The van der Waals surface area contributed by atoms with Gasteiger partial charge in [0.2, 0.25) is 0 Å². The number of rotatable bonds is 1. The molecule has 0 fully saturated rings. The van der Waals surface area contributed by atoms with E-state index in [9.17, 15) is 0 Å². The van der Waals surface area contributed by atoms with E-state index in [-0.39, 0.29) is 5.41 Å². The lowest BCUT2D eigenvalue weighted by molar-refractivity contribution is 0.662. The van der Waals surface area contributed by atoms with Gasteiger partial charge in [0.05, 0.1) is 0 Å². The van der Waals surface area contributed by atoms with E-state index in [0.717, 1.165) is 0 Å². The third-order valence-corrected chi connectivity index (χ3v) is 6.62. The molecule has 0 nitrogen and oxygen atoms in total. The van der Waals surface area contributed by atoms with Gasteiger partial charge in [-0.2, -0.15) is 0 Å². The maximum atomic E-state index is 2.36. The van der Waals surface area contributed by atoms with Gasteiger partial charge in [-0.05, 0) is 67.1 Å². The molecule has 0 bridgehead atoms. The molecule has 0 saturated carbocycles. The Morgan fingerprint density at radius 3 is 1.86 bits per heavy atom. The molecule has 0 unspecified atom stereocenters. The van der Waals surface area contributed by atoms with Crippen LogP contribution in [0.2, 0.25) is 0 Å². The van der Waals surface area contributed by atoms with E-state index in [1.165, 1.54) is 54.9 Å². The van der Waals surface area contributed by atoms with Gasteiger partial charge < -0.3 is 0 Å². The Kier molecular flexibility index (Phi) is 3.32. The van der Waals surface area contributed by atoms with E-state index in [0.29, 0.717) is 0 Å². The maximum absolute atomic E-state index is 2.36. The zero-order valence-electron chi connectivity index (χ0n) is 16.7. The first-order valence-electron chi connectivity index (χ1n) is 10.3. The predicted octanol–water partition coefficient (Wildman–Crippen LogP) is 7.97. The number of benzene rings is 5. The van der Waals surface area contributed by atoms with Crippen molar-refractivity contribution in [1.29, 1.82) is 0 Å². The van der Waals surface area contributed by atoms with Gasteiger partial charge in [0.1, 0.15) is 0 Å². The van der Waals surface area contributed by atoms with Crippen molar-refractivity contribution in [3.8, 4) is 22.3 Å². The highest BCUT2D eigenvalue weighted by Crippen LogP contribution is 2.52. The van der Waals surface area contributed by atoms with Crippen LogP contribution in [0.4, 0.5) is 0 Å². The smallest absolute Gasteiger partial charge is 0.0165 e. The lowest BCUT2D eigenvalue weighted by Crippen LogP contribution is -2.16. The molecule has 0 amide bonds. The third-order valence-electron chi connectivity index (χ3n) is 6.62. The van der Waals surface area contributed by atoms with Crippen LogP contribution in [0.3, 0.4) is 0 Å². The Morgan fingerprint density at radius 2 is 1.03 bits per heavy atom. The Bertz CT molecular complexity index is 1420. The summed E-state index contributed by atoms with van der Waals surface area (Å²) in [4.78, 5) is 0. The minimum absolute atomic E-state index is 0.0124. The summed E-state index contributed by atoms with van der Waals surface area (Å²) in [5, 5.41) is 5.21. The van der Waals surface area contributed by atoms with E-state index in [4.69, 9.17) is 0 Å². The molecular formula is C29H22. The third kappa shape index (κ3) is 2.26. The molecule has 5 aromatic rings. The van der Waals surface area contributed by atoms with Gasteiger partial charge in [-0.25, -0.2) is 0 Å². The second-order valence-corrected chi connectivity index (χ2v) is 8.62. The molecule has 0 spiro atoms. The Hall–Kier alpha value is -3.38. The molecule has 1 aliphatic rings. The summed E-state index contributed by atoms with van der Waals surface area (Å²) in [7, 11) is 0. The summed E-state index contributed by atoms with van der Waals surface area (Å²) in [6.07, 6.45) is 0. The van der Waals surface area contributed by atoms with Gasteiger partial charge in [-0.15, -0.1) is 0 Å². The van der Waals surface area contributed by atoms with Gasteiger partial charge in [0, 0.05) is 5.41 Å². The largest absolute Gasteiger partial charge is 0.0619 e. The van der Waals surface area contributed by atoms with E-state index in [1.54, 1.807) is 0 Å². The van der Waals surface area contributed by atoms with Gasteiger partial charge in [0.15, 0.2) is 0 Å². The molecule has 1 aliphatic carbocycles. The number of hydrogen-bond acceptors (Lipinski definition) is 0. The fourth-order valence-electron chi connectivity index (χ4n) is 5.27. The highest BCUT2D eigenvalue weighted by atomic mass is 14.4. The van der Waals surface area contributed by atoms with Gasteiger partial charge in [0.25, 0.3) is 0 Å². The maximum Gasteiger partial charge on any atom is 0.0165 e. The molecule has 5 aromatic carbocycles.